The van der Waals surface area contributed by atoms with Crippen LogP contribution in [-0.2, 0) is 61.6 Å². The molecule has 0 aliphatic carbocycles. The molecule has 19 nitrogen and oxygen atoms in total. The van der Waals surface area contributed by atoms with E-state index >= 15 is 0 Å². The molecule has 494 valence electrons. The highest BCUT2D eigenvalue weighted by atomic mass is 16.7. The van der Waals surface area contributed by atoms with Crippen LogP contribution in [0.5, 0.6) is 0 Å². The van der Waals surface area contributed by atoms with Crippen molar-refractivity contribution in [2.24, 2.45) is 23.7 Å². The molecule has 0 spiro atoms. The van der Waals surface area contributed by atoms with E-state index in [0.29, 0.717) is 58.0 Å². The number of allylic oxidation sites excluding steroid dienone is 1. The van der Waals surface area contributed by atoms with Gasteiger partial charge < -0.3 is 92.2 Å². The van der Waals surface area contributed by atoms with Crippen LogP contribution in [0.15, 0.2) is 103 Å². The highest BCUT2D eigenvalue weighted by Crippen LogP contribution is 2.47. The fraction of sp³-hybridized carbons (Fsp3) is 0.718. The maximum absolute atomic E-state index is 12.4. The number of rotatable bonds is 9. The van der Waals surface area contributed by atoms with E-state index in [2.05, 4.69) is 49.4 Å². The molecule has 2 aromatic rings. The van der Waals surface area contributed by atoms with Gasteiger partial charge in [0.2, 0.25) is 0 Å². The summed E-state index contributed by atoms with van der Waals surface area (Å²) < 4.78 is 86.9. The lowest BCUT2D eigenvalue weighted by molar-refractivity contribution is -0.297. The van der Waals surface area contributed by atoms with Crippen LogP contribution in [-0.4, -0.2) is 214 Å². The van der Waals surface area contributed by atoms with Crippen molar-refractivity contribution >= 4 is 10.8 Å². The second-order valence-corrected chi connectivity index (χ2v) is 28.6. The van der Waals surface area contributed by atoms with Gasteiger partial charge in [0.1, 0.15) is 60.5 Å². The second-order valence-electron chi connectivity index (χ2n) is 28.6. The Labute approximate surface area is 528 Å². The molecule has 0 aromatic heterocycles. The third-order valence-electron chi connectivity index (χ3n) is 22.4. The molecule has 8 fully saturated rings. The van der Waals surface area contributed by atoms with Crippen LogP contribution in [0.3, 0.4) is 0 Å². The quantitative estimate of drug-likeness (QED) is 0.147. The van der Waals surface area contributed by atoms with Crippen LogP contribution in [0.25, 0.3) is 10.8 Å². The molecule has 12 aliphatic rings. The monoisotopic (exact) mass is 1250 g/mol. The number of aliphatic hydroxyl groups is 6. The van der Waals surface area contributed by atoms with Gasteiger partial charge in [-0.3, -0.25) is 0 Å². The van der Waals surface area contributed by atoms with Crippen molar-refractivity contribution in [1.82, 2.24) is 0 Å². The highest BCUT2D eigenvalue weighted by molar-refractivity contribution is 5.83. The molecule has 0 amide bonds. The number of hydrogen-bond donors (Lipinski definition) is 6. The molecule has 90 heavy (non-hydrogen) atoms. The molecule has 12 heterocycles. The average Bonchev–Trinajstić information content (AvgIpc) is 1.28. The lowest BCUT2D eigenvalue weighted by atomic mass is 9.78. The maximum Gasteiger partial charge on any atom is 0.184 e. The normalized spacial score (nSPS) is 49.3. The van der Waals surface area contributed by atoms with Gasteiger partial charge in [-0.2, -0.15) is 0 Å². The zero-order chi connectivity index (χ0) is 62.1. The van der Waals surface area contributed by atoms with Gasteiger partial charge in [-0.1, -0.05) is 125 Å². The third-order valence-corrected chi connectivity index (χ3v) is 22.4. The van der Waals surface area contributed by atoms with Crippen molar-refractivity contribution < 1.29 is 92.2 Å². The van der Waals surface area contributed by atoms with Crippen molar-refractivity contribution in [2.75, 3.05) is 13.2 Å². The summed E-state index contributed by atoms with van der Waals surface area (Å²) in [6, 6.07) is 14.5. The van der Waals surface area contributed by atoms with E-state index in [1.54, 1.807) is 0 Å². The Morgan fingerprint density at radius 1 is 0.556 bits per heavy atom. The average molecular weight is 1250 g/mol. The molecule has 19 heteroatoms. The first-order valence-electron chi connectivity index (χ1n) is 33.9. The fourth-order valence-electron chi connectivity index (χ4n) is 16.8. The molecule has 18 unspecified atom stereocenters. The van der Waals surface area contributed by atoms with E-state index < -0.39 is 152 Å². The summed E-state index contributed by atoms with van der Waals surface area (Å²) in [5.41, 5.74) is -0.360. The largest absolute Gasteiger partial charge is 0.391 e. The van der Waals surface area contributed by atoms with E-state index in [0.717, 1.165) is 22.8 Å². The maximum atomic E-state index is 12.4. The van der Waals surface area contributed by atoms with Crippen molar-refractivity contribution in [3.8, 4) is 0 Å². The van der Waals surface area contributed by atoms with Gasteiger partial charge in [-0.15, -0.1) is 0 Å². The van der Waals surface area contributed by atoms with Gasteiger partial charge >= 0.3 is 0 Å². The number of ether oxygens (including phenoxy) is 13. The SMILES string of the molecule is CC(C1CC(O)CO1)[C@H](C)C1O[C@H]2C[C@H]3O[C@H]4C[C@@H](O)C(C)(C(O)CC5CC/C=C\C[C@H]6O[C@H]7C=C[C@H]8O[C@@H]9C(CC8OC7C=CC6O5)OC5CC=C[C@H](/C=C/[C@H]6COC(c7ccc8ccccc8c7)O6)O[C@@H]5[C@H]9O)OC4C[C@H](C)CC3OC2C(C)[C@H](O)C1O. The molecule has 12 aliphatic heterocycles. The van der Waals surface area contributed by atoms with Crippen LogP contribution >= 0.6 is 0 Å². The molecule has 0 saturated carbocycles. The Bertz CT molecular complexity index is 2920. The third kappa shape index (κ3) is 13.1. The Morgan fingerprint density at radius 3 is 2.07 bits per heavy atom. The fourth-order valence-corrected chi connectivity index (χ4v) is 16.8. The van der Waals surface area contributed by atoms with E-state index in [-0.39, 0.29) is 67.7 Å². The topological polar surface area (TPSA) is 241 Å². The summed E-state index contributed by atoms with van der Waals surface area (Å²) in [5, 5.41) is 72.4. The summed E-state index contributed by atoms with van der Waals surface area (Å²) in [5.74, 6) is -0.560. The lowest BCUT2D eigenvalue weighted by Gasteiger charge is -2.52. The zero-order valence-electron chi connectivity index (χ0n) is 52.5. The summed E-state index contributed by atoms with van der Waals surface area (Å²) in [7, 11) is 0. The van der Waals surface area contributed by atoms with E-state index in [9.17, 15) is 30.6 Å². The number of benzene rings is 2. The molecular weight excluding hydrogens is 1160 g/mol. The summed E-state index contributed by atoms with van der Waals surface area (Å²) in [4.78, 5) is 0. The number of hydrogen-bond acceptors (Lipinski definition) is 19. The van der Waals surface area contributed by atoms with Gasteiger partial charge in [0.05, 0.1) is 123 Å². The Hall–Kier alpha value is -3.36. The first kappa shape index (κ1) is 64.0. The molecule has 0 bridgehead atoms. The Morgan fingerprint density at radius 2 is 1.26 bits per heavy atom. The smallest absolute Gasteiger partial charge is 0.184 e. The number of aliphatic hydroxyl groups excluding tert-OH is 6. The van der Waals surface area contributed by atoms with Crippen LogP contribution in [0.1, 0.15) is 117 Å². The molecule has 14 rings (SSSR count). The van der Waals surface area contributed by atoms with Gasteiger partial charge in [0.25, 0.3) is 0 Å². The van der Waals surface area contributed by atoms with Crippen molar-refractivity contribution in [3.05, 3.63) is 109 Å². The minimum Gasteiger partial charge on any atom is -0.391 e. The van der Waals surface area contributed by atoms with Crippen molar-refractivity contribution in [2.45, 2.75) is 282 Å². The second kappa shape index (κ2) is 27.0. The predicted molar refractivity (Wildman–Crippen MR) is 328 cm³/mol. The first-order valence-corrected chi connectivity index (χ1v) is 33.9. The van der Waals surface area contributed by atoms with Gasteiger partial charge in [0.15, 0.2) is 6.29 Å². The van der Waals surface area contributed by atoms with Crippen LogP contribution in [0, 0.1) is 23.7 Å². The van der Waals surface area contributed by atoms with Gasteiger partial charge in [-0.25, -0.2) is 0 Å². The van der Waals surface area contributed by atoms with Crippen LogP contribution in [0.2, 0.25) is 0 Å². The molecule has 2 aromatic carbocycles. The van der Waals surface area contributed by atoms with E-state index in [4.69, 9.17) is 61.6 Å². The summed E-state index contributed by atoms with van der Waals surface area (Å²) >= 11 is 0. The first-order chi connectivity index (χ1) is 43.5. The van der Waals surface area contributed by atoms with Crippen molar-refractivity contribution in [1.29, 1.82) is 0 Å². The predicted octanol–water partition coefficient (Wildman–Crippen LogP) is 6.50. The van der Waals surface area contributed by atoms with Gasteiger partial charge in [0, 0.05) is 43.6 Å². The molecule has 6 N–H and O–H groups in total. The molecule has 0 radical (unpaired) electrons. The van der Waals surface area contributed by atoms with Crippen molar-refractivity contribution in [3.63, 3.8) is 0 Å². The lowest BCUT2D eigenvalue weighted by Crippen LogP contribution is -2.63. The number of fused-ring (bicyclic) bond motifs is 9. The zero-order valence-corrected chi connectivity index (χ0v) is 52.5. The van der Waals surface area contributed by atoms with Gasteiger partial charge in [-0.05, 0) is 80.0 Å². The standard InChI is InChI=1S/C71H96O19/c1-36-26-54-56(32-59-66(88-54)39(4)63(75)64(76)67(89-59)38(3)37(2)53-29-43(72)34-78-53)86-57-33-62(74)71(5,90-58(57)27-36)61(73)30-45-14-7-6-8-16-47-48(80-45)22-23-50-49(83-47)24-25-51-55(84-50)31-60-69(87-51)65(77)68-52(85-60)17-11-15-44(81-68)20-21-46-35-79-70(82-46)42-19-18-40-12-9-10-13-41(40)28-42/h6,8-13,15,18-25,28,36-39,43-70,72-77H,7,14,16-17,26-27,29-35H2,1-5H3/b8-6-,21-20+/t36-,37?,38+,39?,43?,44-,45?,46+,47-,48?,49+,50?,51-,52?,53?,54?,55?,56-,57+,58?,59+,60?,61?,62-,63+,64?,65-,66?,67?,68+,69-,70?,71?/m1/s1. The molecular formula is C71H96O19. The van der Waals surface area contributed by atoms with E-state index in [1.165, 1.54) is 0 Å². The summed E-state index contributed by atoms with van der Waals surface area (Å²) in [6.45, 7) is 10.6. The minimum absolute atomic E-state index is 0.0605. The minimum atomic E-state index is -1.33. The molecule has 33 atom stereocenters. The van der Waals surface area contributed by atoms with E-state index in [1.807, 2.05) is 88.4 Å². The molecule has 8 saturated heterocycles. The Kier molecular flexibility index (Phi) is 19.2. The Balaban J connectivity index is 0.588. The highest BCUT2D eigenvalue weighted by Gasteiger charge is 2.57. The van der Waals surface area contributed by atoms with Crippen LogP contribution in [0.4, 0.5) is 0 Å². The summed E-state index contributed by atoms with van der Waals surface area (Å²) in [6.07, 6.45) is 10.4. The van der Waals surface area contributed by atoms with Crippen LogP contribution < -0.4 is 0 Å².